The van der Waals surface area contributed by atoms with Gasteiger partial charge in [0.1, 0.15) is 23.4 Å². The Kier molecular flexibility index (Phi) is 8.82. The highest BCUT2D eigenvalue weighted by Gasteiger charge is 2.38. The SMILES string of the molecule is CCS(=O)(=O)c1ccc(NC(=O)O)cc1[C@H]1CCCN1C(=O)[C@H](Nc1ccc2c(N)nccc2c1)c1cc(OC)c(C)cc1F. The second kappa shape index (κ2) is 12.6. The van der Waals surface area contributed by atoms with Crippen molar-refractivity contribution in [3.8, 4) is 5.75 Å². The lowest BCUT2D eigenvalue weighted by Crippen LogP contribution is -2.38. The molecule has 4 aromatic rings. The average molecular weight is 636 g/mol. The van der Waals surface area contributed by atoms with Gasteiger partial charge in [0.05, 0.1) is 23.8 Å². The molecule has 0 aliphatic carbocycles. The Morgan fingerprint density at radius 1 is 1.16 bits per heavy atom. The maximum absolute atomic E-state index is 15.7. The second-order valence-corrected chi connectivity index (χ2v) is 13.1. The van der Waals surface area contributed by atoms with E-state index in [0.29, 0.717) is 46.6 Å². The van der Waals surface area contributed by atoms with Crippen molar-refractivity contribution in [3.63, 3.8) is 0 Å². The molecule has 3 aromatic carbocycles. The molecule has 0 unspecified atom stereocenters. The number of benzene rings is 3. The number of ether oxygens (including phenoxy) is 1. The van der Waals surface area contributed by atoms with Gasteiger partial charge in [-0.25, -0.2) is 22.6 Å². The zero-order valence-corrected chi connectivity index (χ0v) is 25.8. The minimum Gasteiger partial charge on any atom is -0.496 e. The van der Waals surface area contributed by atoms with E-state index in [1.165, 1.54) is 49.3 Å². The van der Waals surface area contributed by atoms with Gasteiger partial charge in [0, 0.05) is 35.1 Å². The molecule has 1 aliphatic rings. The molecule has 0 bridgehead atoms. The lowest BCUT2D eigenvalue weighted by molar-refractivity contribution is -0.133. The number of nitrogens with zero attached hydrogens (tertiary/aromatic N) is 2. The van der Waals surface area contributed by atoms with Gasteiger partial charge in [-0.3, -0.25) is 10.1 Å². The molecule has 11 nitrogen and oxygen atoms in total. The summed E-state index contributed by atoms with van der Waals surface area (Å²) in [6.07, 6.45) is 1.22. The number of hydrogen-bond donors (Lipinski definition) is 4. The molecule has 1 fully saturated rings. The van der Waals surface area contributed by atoms with Gasteiger partial charge in [0.2, 0.25) is 5.91 Å². The molecule has 13 heteroatoms. The number of sulfone groups is 1. The number of likely N-dealkylation sites (tertiary alicyclic amines) is 1. The zero-order valence-electron chi connectivity index (χ0n) is 25.0. The number of carboxylic acid groups (broad SMARTS) is 1. The number of hydrogen-bond acceptors (Lipinski definition) is 8. The molecule has 2 heterocycles. The lowest BCUT2D eigenvalue weighted by atomic mass is 9.99. The van der Waals surface area contributed by atoms with Crippen LogP contribution in [-0.4, -0.2) is 54.8 Å². The van der Waals surface area contributed by atoms with Crippen molar-refractivity contribution in [2.24, 2.45) is 0 Å². The van der Waals surface area contributed by atoms with E-state index in [0.717, 1.165) is 5.39 Å². The predicted octanol–water partition coefficient (Wildman–Crippen LogP) is 5.67. The third kappa shape index (κ3) is 6.34. The van der Waals surface area contributed by atoms with E-state index in [-0.39, 0.29) is 28.4 Å². The molecule has 45 heavy (non-hydrogen) atoms. The van der Waals surface area contributed by atoms with Gasteiger partial charge in [-0.2, -0.15) is 0 Å². The number of halogens is 1. The van der Waals surface area contributed by atoms with Gasteiger partial charge in [-0.05, 0) is 90.9 Å². The number of rotatable bonds is 9. The summed E-state index contributed by atoms with van der Waals surface area (Å²) in [6.45, 7) is 3.48. The molecule has 5 N–H and O–H groups in total. The summed E-state index contributed by atoms with van der Waals surface area (Å²) in [4.78, 5) is 31.6. The summed E-state index contributed by atoms with van der Waals surface area (Å²) in [5.74, 6) is -0.560. The topological polar surface area (TPSA) is 164 Å². The summed E-state index contributed by atoms with van der Waals surface area (Å²) in [5, 5.41) is 16.2. The van der Waals surface area contributed by atoms with Crippen molar-refractivity contribution in [1.82, 2.24) is 9.88 Å². The van der Waals surface area contributed by atoms with Gasteiger partial charge in [-0.1, -0.05) is 6.92 Å². The van der Waals surface area contributed by atoms with Crippen LogP contribution in [-0.2, 0) is 14.6 Å². The average Bonchev–Trinajstić information content (AvgIpc) is 3.50. The van der Waals surface area contributed by atoms with Crippen molar-refractivity contribution in [2.75, 3.05) is 35.8 Å². The number of nitrogen functional groups attached to an aromatic ring is 1. The minimum atomic E-state index is -3.75. The van der Waals surface area contributed by atoms with Crippen LogP contribution in [0.5, 0.6) is 5.75 Å². The monoisotopic (exact) mass is 635 g/mol. The number of pyridine rings is 1. The number of carbonyl (C=O) groups excluding carboxylic acids is 1. The van der Waals surface area contributed by atoms with Crippen molar-refractivity contribution < 1.29 is 32.2 Å². The first kappa shape index (κ1) is 31.5. The Morgan fingerprint density at radius 3 is 2.62 bits per heavy atom. The fraction of sp³-hybridized carbons (Fsp3) is 0.281. The second-order valence-electron chi connectivity index (χ2n) is 10.8. The Hall–Kier alpha value is -4.91. The largest absolute Gasteiger partial charge is 0.496 e. The number of methoxy groups -OCH3 is 1. The molecule has 2 atom stereocenters. The summed E-state index contributed by atoms with van der Waals surface area (Å²) < 4.78 is 47.4. The van der Waals surface area contributed by atoms with Crippen LogP contribution < -0.4 is 21.1 Å². The summed E-state index contributed by atoms with van der Waals surface area (Å²) in [6, 6.07) is 12.1. The van der Waals surface area contributed by atoms with E-state index in [1.54, 1.807) is 37.4 Å². The van der Waals surface area contributed by atoms with Gasteiger partial charge in [0.25, 0.3) is 0 Å². The molecular weight excluding hydrogens is 601 g/mol. The van der Waals surface area contributed by atoms with Crippen LogP contribution in [0.15, 0.2) is 65.7 Å². The number of nitrogens with one attached hydrogen (secondary N) is 2. The Labute approximate surface area is 260 Å². The Bertz CT molecular complexity index is 1900. The summed E-state index contributed by atoms with van der Waals surface area (Å²) >= 11 is 0. The number of anilines is 3. The maximum Gasteiger partial charge on any atom is 0.409 e. The maximum atomic E-state index is 15.7. The van der Waals surface area contributed by atoms with Crippen LogP contribution in [0.4, 0.5) is 26.4 Å². The van der Waals surface area contributed by atoms with Crippen molar-refractivity contribution in [1.29, 1.82) is 0 Å². The zero-order chi connectivity index (χ0) is 32.5. The fourth-order valence-corrected chi connectivity index (χ4v) is 6.95. The third-order valence-electron chi connectivity index (χ3n) is 8.05. The van der Waals surface area contributed by atoms with E-state index >= 15 is 4.39 Å². The minimum absolute atomic E-state index is 0.0130. The van der Waals surface area contributed by atoms with Crippen LogP contribution in [0.1, 0.15) is 48.5 Å². The first-order valence-electron chi connectivity index (χ1n) is 14.4. The summed E-state index contributed by atoms with van der Waals surface area (Å²) in [7, 11) is -2.29. The van der Waals surface area contributed by atoms with E-state index in [9.17, 15) is 23.1 Å². The molecule has 236 valence electrons. The lowest BCUT2D eigenvalue weighted by Gasteiger charge is -2.32. The molecule has 2 amide bonds. The summed E-state index contributed by atoms with van der Waals surface area (Å²) in [5.41, 5.74) is 7.60. The standard InChI is InChI=1S/C32H34FN5O6S/c1-4-45(42,43)28-10-8-21(37-32(40)41)16-24(28)26-6-5-13-38(26)31(39)29(23-17-27(44-3)18(2)14-25(23)33)36-20-7-9-22-19(15-20)11-12-35-30(22)34/h7-12,14-17,26,29,36-37H,4-6,13H2,1-3H3,(H2,34,35)(H,40,41)/t26-,29-/m1/s1. The first-order chi connectivity index (χ1) is 21.4. The van der Waals surface area contributed by atoms with Gasteiger partial charge >= 0.3 is 6.09 Å². The van der Waals surface area contributed by atoms with E-state index < -0.39 is 39.7 Å². The molecule has 1 saturated heterocycles. The Morgan fingerprint density at radius 2 is 1.91 bits per heavy atom. The van der Waals surface area contributed by atoms with Gasteiger partial charge in [-0.15, -0.1) is 0 Å². The highest BCUT2D eigenvalue weighted by molar-refractivity contribution is 7.91. The number of amides is 2. The van der Waals surface area contributed by atoms with E-state index in [4.69, 9.17) is 10.5 Å². The van der Waals surface area contributed by atoms with Gasteiger partial charge in [0.15, 0.2) is 9.84 Å². The fourth-order valence-electron chi connectivity index (χ4n) is 5.81. The molecule has 1 aliphatic heterocycles. The highest BCUT2D eigenvalue weighted by atomic mass is 32.2. The number of nitrogens with two attached hydrogens (primary N) is 1. The highest BCUT2D eigenvalue weighted by Crippen LogP contribution is 2.40. The van der Waals surface area contributed by atoms with Gasteiger partial charge < -0.3 is 25.8 Å². The van der Waals surface area contributed by atoms with Crippen molar-refractivity contribution in [2.45, 2.75) is 43.7 Å². The van der Waals surface area contributed by atoms with Crippen LogP contribution in [0.3, 0.4) is 0 Å². The number of carbonyl (C=O) groups is 2. The third-order valence-corrected chi connectivity index (χ3v) is 9.85. The van der Waals surface area contributed by atoms with Crippen LogP contribution in [0.2, 0.25) is 0 Å². The van der Waals surface area contributed by atoms with Crippen LogP contribution >= 0.6 is 0 Å². The molecule has 0 spiro atoms. The van der Waals surface area contributed by atoms with Crippen LogP contribution in [0.25, 0.3) is 10.8 Å². The predicted molar refractivity (Wildman–Crippen MR) is 170 cm³/mol. The number of aromatic nitrogens is 1. The smallest absolute Gasteiger partial charge is 0.409 e. The molecule has 5 rings (SSSR count). The Balaban J connectivity index is 1.61. The van der Waals surface area contributed by atoms with E-state index in [2.05, 4.69) is 15.6 Å². The number of fused-ring (bicyclic) bond motifs is 1. The van der Waals surface area contributed by atoms with Crippen LogP contribution in [0, 0.1) is 12.7 Å². The quantitative estimate of drug-likeness (QED) is 0.181. The molecule has 0 radical (unpaired) electrons. The normalized spacial score (nSPS) is 15.6. The van der Waals surface area contributed by atoms with Crippen molar-refractivity contribution in [3.05, 3.63) is 83.3 Å². The molecular formula is C32H34FN5O6S. The van der Waals surface area contributed by atoms with Crippen molar-refractivity contribution >= 4 is 49.8 Å². The first-order valence-corrected chi connectivity index (χ1v) is 16.0. The molecule has 0 saturated carbocycles. The molecule has 1 aromatic heterocycles. The number of aryl methyl sites for hydroxylation is 1. The van der Waals surface area contributed by atoms with E-state index in [1.807, 2.05) is 0 Å².